The summed E-state index contributed by atoms with van der Waals surface area (Å²) < 4.78 is 34.4. The van der Waals surface area contributed by atoms with Gasteiger partial charge < -0.3 is 18.9 Å². The Kier molecular flexibility index (Phi) is 21.7. The van der Waals surface area contributed by atoms with Crippen molar-refractivity contribution >= 4 is 47.6 Å². The van der Waals surface area contributed by atoms with Crippen molar-refractivity contribution in [2.45, 2.75) is 209 Å². The molecule has 4 fully saturated rings. The Labute approximate surface area is 628 Å². The second-order valence-corrected chi connectivity index (χ2v) is 33.8. The van der Waals surface area contributed by atoms with Gasteiger partial charge in [0.15, 0.2) is 24.9 Å². The van der Waals surface area contributed by atoms with Crippen LogP contribution in [0.4, 0.5) is 22.7 Å². The topological polar surface area (TPSA) is 49.0 Å². The fourth-order valence-corrected chi connectivity index (χ4v) is 18.3. The fourth-order valence-electron chi connectivity index (χ4n) is 18.3. The first-order valence-corrected chi connectivity index (χ1v) is 39.2. The molecule has 4 saturated carbocycles. The summed E-state index contributed by atoms with van der Waals surface area (Å²) >= 11 is 0. The Morgan fingerprint density at radius 1 is 0.381 bits per heavy atom. The Hall–Kier alpha value is -9.14. The van der Waals surface area contributed by atoms with Gasteiger partial charge in [0.1, 0.15) is 23.0 Å². The molecule has 105 heavy (non-hydrogen) atoms. The van der Waals surface area contributed by atoms with Crippen LogP contribution >= 0.6 is 0 Å². The molecule has 0 atom stereocenters. The van der Waals surface area contributed by atoms with Crippen molar-refractivity contribution in [1.29, 1.82) is 0 Å². The van der Waals surface area contributed by atoms with E-state index < -0.39 is 0 Å². The first-order valence-electron chi connectivity index (χ1n) is 39.2. The molecule has 4 heterocycles. The van der Waals surface area contributed by atoms with E-state index in [2.05, 4.69) is 344 Å². The molecule has 9 aromatic rings. The van der Waals surface area contributed by atoms with Crippen molar-refractivity contribution in [3.05, 3.63) is 271 Å². The summed E-state index contributed by atoms with van der Waals surface area (Å²) in [4.78, 5) is 0. The SMILES string of the molecule is CCC(C)(C)c1cc(C)cc2c1OC[N+](c1ccccc1C(C)C)=C2.Cc1cc(C)c2c(c1)C=[N+](c1ccccc1C(C)C)CO2.Cc1ccc(C(C)(C)c2ccccc2)c2c1C=[N+](c1ccccc1C(C)C)CO2.Cc1ccc(C23CC4CC(CC(C4)C2)C3)c2c1C=[N+](c1ccccc1C(C)C)CO2. The van der Waals surface area contributed by atoms with Crippen molar-refractivity contribution in [2.24, 2.45) is 17.8 Å². The number of fused-ring (bicyclic) bond motifs is 4. The Bertz CT molecular complexity index is 4790. The maximum atomic E-state index is 6.62. The van der Waals surface area contributed by atoms with E-state index in [0.717, 1.165) is 47.0 Å². The molecule has 8 nitrogen and oxygen atoms in total. The minimum absolute atomic E-state index is 0.113. The molecule has 0 amide bonds. The number of aryl methyl sites for hydroxylation is 5. The molecule has 9 aromatic carbocycles. The van der Waals surface area contributed by atoms with Crippen LogP contribution in [0.5, 0.6) is 23.0 Å². The number of nitrogens with zero attached hydrogens (tertiary/aromatic N) is 4. The third-order valence-electron chi connectivity index (χ3n) is 24.0. The molecule has 8 heteroatoms. The first kappa shape index (κ1) is 74.1. The molecule has 544 valence electrons. The molecule has 0 unspecified atom stereocenters. The van der Waals surface area contributed by atoms with Crippen molar-refractivity contribution in [3.8, 4) is 23.0 Å². The van der Waals surface area contributed by atoms with Crippen LogP contribution in [0, 0.1) is 52.4 Å². The Morgan fingerprint density at radius 3 is 1.20 bits per heavy atom. The third-order valence-corrected chi connectivity index (χ3v) is 24.0. The molecular weight excluding hydrogens is 1290 g/mol. The predicted molar refractivity (Wildman–Crippen MR) is 436 cm³/mol. The quantitative estimate of drug-likeness (QED) is 0.108. The second-order valence-electron chi connectivity index (χ2n) is 33.8. The number of hydrogen-bond acceptors (Lipinski definition) is 4. The highest BCUT2D eigenvalue weighted by Gasteiger charge is 2.53. The van der Waals surface area contributed by atoms with Crippen LogP contribution in [0.25, 0.3) is 0 Å². The summed E-state index contributed by atoms with van der Waals surface area (Å²) in [5, 5.41) is 0. The maximum absolute atomic E-state index is 6.62. The standard InChI is InChI=1S/C28H34NO.C27H30NO.C23H30NO.C19H22NO/c1-18(2)23-6-4-5-7-26(23)29-16-24-19(3)8-9-25(27(24)30-17-29)28-13-20-10-21(14-28)12-22(11-20)15-28;1-19(2)22-13-9-10-14-25(22)28-17-23-20(3)15-16-24(26(23)29-18-28)27(4,5)21-11-7-6-8-12-21;1-7-23(5,6)20-13-17(4)12-18-14-24(15-25-22(18)20)21-11-9-8-10-19(21)16(2)3;1-13(2)17-7-5-6-8-18(17)20-11-16-10-14(3)9-15(4)19(16)21-12-20/h4-9,16,18,20-22H,10-15,17H2,1-3H3;6-17,19H,18H2,1-5H3;8-14,16H,7,15H2,1-6H3;5-11,13H,12H2,1-4H3/q4*+1. The van der Waals surface area contributed by atoms with Crippen LogP contribution < -0.4 is 18.9 Å². The lowest BCUT2D eigenvalue weighted by molar-refractivity contribution is -0.477. The first-order chi connectivity index (χ1) is 50.3. The lowest BCUT2D eigenvalue weighted by Gasteiger charge is -2.57. The third kappa shape index (κ3) is 15.3. The molecular formula is C97H116N4O4+4. The number of benzene rings is 9. The van der Waals surface area contributed by atoms with Gasteiger partial charge in [-0.2, -0.15) is 18.3 Å². The lowest BCUT2D eigenvalue weighted by atomic mass is 9.48. The molecule has 0 radical (unpaired) electrons. The number of rotatable bonds is 13. The van der Waals surface area contributed by atoms with Crippen LogP contribution in [-0.2, 0) is 16.2 Å². The highest BCUT2D eigenvalue weighted by molar-refractivity contribution is 5.87. The summed E-state index contributed by atoms with van der Waals surface area (Å²) in [5.74, 6) is 9.07. The summed E-state index contributed by atoms with van der Waals surface area (Å²) in [6.45, 7) is 42.4. The minimum Gasteiger partial charge on any atom is -0.435 e. The van der Waals surface area contributed by atoms with Crippen LogP contribution in [0.15, 0.2) is 176 Å². The minimum atomic E-state index is -0.134. The molecule has 0 spiro atoms. The van der Waals surface area contributed by atoms with Crippen LogP contribution in [0.3, 0.4) is 0 Å². The summed E-state index contributed by atoms with van der Waals surface area (Å²) in [7, 11) is 0. The number of ether oxygens (including phenoxy) is 4. The van der Waals surface area contributed by atoms with Gasteiger partial charge in [0.05, 0.1) is 22.3 Å². The highest BCUT2D eigenvalue weighted by atomic mass is 16.5. The van der Waals surface area contributed by atoms with E-state index in [1.54, 1.807) is 0 Å². The molecule has 4 bridgehead atoms. The number of hydrogen-bond donors (Lipinski definition) is 0. The van der Waals surface area contributed by atoms with Gasteiger partial charge in [-0.1, -0.05) is 230 Å². The molecule has 17 rings (SSSR count). The van der Waals surface area contributed by atoms with Crippen LogP contribution in [-0.4, -0.2) is 70.1 Å². The normalized spacial score (nSPS) is 18.9. The summed E-state index contributed by atoms with van der Waals surface area (Å²) in [5.41, 5.74) is 27.3. The summed E-state index contributed by atoms with van der Waals surface area (Å²) in [6.07, 6.45) is 18.8. The monoisotopic (exact) mass is 1400 g/mol. The van der Waals surface area contributed by atoms with Gasteiger partial charge in [-0.15, -0.1) is 0 Å². The van der Waals surface area contributed by atoms with Crippen molar-refractivity contribution in [2.75, 3.05) is 26.9 Å². The predicted octanol–water partition coefficient (Wildman–Crippen LogP) is 23.7. The van der Waals surface area contributed by atoms with E-state index >= 15 is 0 Å². The van der Waals surface area contributed by atoms with E-state index in [0.29, 0.717) is 56.0 Å². The molecule has 0 aromatic heterocycles. The van der Waals surface area contributed by atoms with Gasteiger partial charge in [-0.3, -0.25) is 0 Å². The zero-order valence-electron chi connectivity index (χ0n) is 66.3. The fraction of sp³-hybridized carbons (Fsp3) is 0.402. The lowest BCUT2D eigenvalue weighted by Crippen LogP contribution is -2.48. The molecule has 0 N–H and O–H groups in total. The average Bonchev–Trinajstić information content (AvgIpc) is 0.729. The Morgan fingerprint density at radius 2 is 0.752 bits per heavy atom. The highest BCUT2D eigenvalue weighted by Crippen LogP contribution is 2.62. The second kappa shape index (κ2) is 30.7. The van der Waals surface area contributed by atoms with Crippen LogP contribution in [0.1, 0.15) is 253 Å². The van der Waals surface area contributed by atoms with Gasteiger partial charge in [-0.25, -0.2) is 0 Å². The molecule has 8 aliphatic rings. The van der Waals surface area contributed by atoms with E-state index in [1.165, 1.54) is 156 Å². The van der Waals surface area contributed by atoms with Gasteiger partial charge in [-0.05, 0) is 177 Å². The van der Waals surface area contributed by atoms with E-state index in [4.69, 9.17) is 18.9 Å². The van der Waals surface area contributed by atoms with Gasteiger partial charge in [0, 0.05) is 68.6 Å². The summed E-state index contributed by atoms with van der Waals surface area (Å²) in [6, 6.07) is 63.4. The smallest absolute Gasteiger partial charge is 0.292 e. The zero-order valence-corrected chi connectivity index (χ0v) is 66.3. The molecule has 4 aliphatic carbocycles. The van der Waals surface area contributed by atoms with Crippen LogP contribution in [0.2, 0.25) is 0 Å². The molecule has 4 aliphatic heterocycles. The van der Waals surface area contributed by atoms with E-state index in [-0.39, 0.29) is 10.8 Å². The van der Waals surface area contributed by atoms with Gasteiger partial charge in [0.2, 0.25) is 22.7 Å². The van der Waals surface area contributed by atoms with Gasteiger partial charge in [0.25, 0.3) is 26.9 Å². The van der Waals surface area contributed by atoms with Crippen molar-refractivity contribution < 1.29 is 37.2 Å². The largest absolute Gasteiger partial charge is 0.435 e. The Balaban J connectivity index is 0.000000125. The van der Waals surface area contributed by atoms with Gasteiger partial charge >= 0.3 is 0 Å². The zero-order chi connectivity index (χ0) is 74.2. The number of para-hydroxylation sites is 4. The van der Waals surface area contributed by atoms with Crippen molar-refractivity contribution in [1.82, 2.24) is 0 Å². The molecule has 0 saturated heterocycles. The van der Waals surface area contributed by atoms with E-state index in [1.807, 2.05) is 0 Å². The van der Waals surface area contributed by atoms with Crippen molar-refractivity contribution in [3.63, 3.8) is 0 Å². The average molecular weight is 1400 g/mol. The maximum Gasteiger partial charge on any atom is 0.292 e. The van der Waals surface area contributed by atoms with E-state index in [9.17, 15) is 0 Å².